The summed E-state index contributed by atoms with van der Waals surface area (Å²) in [6.07, 6.45) is 2.06. The number of piperazine rings is 1. The van der Waals surface area contributed by atoms with Gasteiger partial charge in [0.25, 0.3) is 5.56 Å². The van der Waals surface area contributed by atoms with Crippen molar-refractivity contribution in [3.8, 4) is 5.69 Å². The number of benzene rings is 2. The number of hydrogen-bond acceptors (Lipinski definition) is 5. The molecule has 4 rings (SSSR count). The largest absolute Gasteiger partial charge is 0.339 e. The number of rotatable bonds is 7. The van der Waals surface area contributed by atoms with Crippen LogP contribution >= 0.6 is 23.4 Å². The predicted molar refractivity (Wildman–Crippen MR) is 136 cm³/mol. The molecule has 178 valence electrons. The van der Waals surface area contributed by atoms with Crippen molar-refractivity contribution in [1.82, 2.24) is 19.4 Å². The summed E-state index contributed by atoms with van der Waals surface area (Å²) >= 11 is 7.69. The molecule has 0 bridgehead atoms. The lowest BCUT2D eigenvalue weighted by molar-refractivity contribution is -0.138. The fourth-order valence-electron chi connectivity index (χ4n) is 4.02. The Morgan fingerprint density at radius 2 is 1.74 bits per heavy atom. The lowest BCUT2D eigenvalue weighted by Gasteiger charge is -2.34. The summed E-state index contributed by atoms with van der Waals surface area (Å²) in [6.45, 7) is 3.96. The summed E-state index contributed by atoms with van der Waals surface area (Å²) in [6, 6.07) is 14.5. The summed E-state index contributed by atoms with van der Waals surface area (Å²) in [7, 11) is 0. The third-order valence-electron chi connectivity index (χ3n) is 5.91. The Labute approximate surface area is 207 Å². The Balaban J connectivity index is 1.39. The molecule has 0 radical (unpaired) electrons. The van der Waals surface area contributed by atoms with E-state index in [0.717, 1.165) is 18.6 Å². The van der Waals surface area contributed by atoms with Gasteiger partial charge in [-0.2, -0.15) is 0 Å². The highest BCUT2D eigenvalue weighted by Gasteiger charge is 2.22. The van der Waals surface area contributed by atoms with Gasteiger partial charge in [-0.3, -0.25) is 19.0 Å². The average Bonchev–Trinajstić information content (AvgIpc) is 2.84. The summed E-state index contributed by atoms with van der Waals surface area (Å²) in [5, 5.41) is 1.72. The smallest absolute Gasteiger partial charge is 0.266 e. The van der Waals surface area contributed by atoms with E-state index in [-0.39, 0.29) is 17.4 Å². The molecule has 0 spiro atoms. The van der Waals surface area contributed by atoms with Gasteiger partial charge in [0.15, 0.2) is 5.16 Å². The molecule has 2 heterocycles. The molecule has 1 aliphatic rings. The second-order valence-electron chi connectivity index (χ2n) is 8.22. The second kappa shape index (κ2) is 11.1. The average molecular weight is 499 g/mol. The number of aromatic nitrogens is 2. The molecule has 1 aromatic heterocycles. The maximum Gasteiger partial charge on any atom is 0.266 e. The lowest BCUT2D eigenvalue weighted by Crippen LogP contribution is -2.50. The van der Waals surface area contributed by atoms with Gasteiger partial charge in [0.05, 0.1) is 16.6 Å². The fraction of sp³-hybridized carbons (Fsp3) is 0.360. The maximum absolute atomic E-state index is 13.3. The van der Waals surface area contributed by atoms with Crippen molar-refractivity contribution in [2.45, 2.75) is 31.3 Å². The first-order valence-electron chi connectivity index (χ1n) is 11.4. The molecule has 0 atom stereocenters. The minimum absolute atomic E-state index is 0.0580. The van der Waals surface area contributed by atoms with Crippen molar-refractivity contribution in [2.75, 3.05) is 31.9 Å². The number of carbonyl (C=O) groups is 2. The van der Waals surface area contributed by atoms with Gasteiger partial charge in [0.2, 0.25) is 11.8 Å². The third kappa shape index (κ3) is 5.62. The van der Waals surface area contributed by atoms with Crippen LogP contribution in [0.5, 0.6) is 0 Å². The van der Waals surface area contributed by atoms with E-state index < -0.39 is 0 Å². The normalized spacial score (nSPS) is 13.9. The first-order valence-corrected chi connectivity index (χ1v) is 12.7. The highest BCUT2D eigenvalue weighted by atomic mass is 35.5. The van der Waals surface area contributed by atoms with E-state index in [4.69, 9.17) is 16.6 Å². The molecule has 2 aromatic carbocycles. The molecule has 0 unspecified atom stereocenters. The van der Waals surface area contributed by atoms with Gasteiger partial charge in [-0.05, 0) is 43.2 Å². The highest BCUT2D eigenvalue weighted by molar-refractivity contribution is 7.99. The minimum atomic E-state index is -0.129. The summed E-state index contributed by atoms with van der Waals surface area (Å²) in [5.74, 6) is 0.923. The quantitative estimate of drug-likeness (QED) is 0.280. The van der Waals surface area contributed by atoms with Crippen LogP contribution in [0.3, 0.4) is 0 Å². The van der Waals surface area contributed by atoms with Gasteiger partial charge < -0.3 is 9.80 Å². The molecular weight excluding hydrogens is 472 g/mol. The van der Waals surface area contributed by atoms with E-state index in [1.54, 1.807) is 34.6 Å². The predicted octanol–water partition coefficient (Wildman–Crippen LogP) is 3.99. The van der Waals surface area contributed by atoms with E-state index in [1.807, 2.05) is 35.2 Å². The summed E-state index contributed by atoms with van der Waals surface area (Å²) in [4.78, 5) is 45.6. The van der Waals surface area contributed by atoms with Gasteiger partial charge in [0, 0.05) is 50.3 Å². The monoisotopic (exact) mass is 498 g/mol. The Morgan fingerprint density at radius 1 is 1.00 bits per heavy atom. The lowest BCUT2D eigenvalue weighted by atomic mass is 10.2. The van der Waals surface area contributed by atoms with Crippen molar-refractivity contribution in [1.29, 1.82) is 0 Å². The van der Waals surface area contributed by atoms with Gasteiger partial charge in [-0.25, -0.2) is 4.98 Å². The Hall–Kier alpha value is -2.84. The molecule has 1 saturated heterocycles. The Bertz CT molecular complexity index is 1250. The van der Waals surface area contributed by atoms with Gasteiger partial charge in [0.1, 0.15) is 0 Å². The van der Waals surface area contributed by atoms with Crippen LogP contribution in [0.15, 0.2) is 58.5 Å². The van der Waals surface area contributed by atoms with Crippen molar-refractivity contribution in [3.05, 3.63) is 63.9 Å². The van der Waals surface area contributed by atoms with E-state index in [0.29, 0.717) is 59.4 Å². The van der Waals surface area contributed by atoms with Crippen molar-refractivity contribution in [3.63, 3.8) is 0 Å². The molecule has 1 aliphatic heterocycles. The number of amides is 2. The zero-order chi connectivity index (χ0) is 24.1. The molecule has 2 amide bonds. The summed E-state index contributed by atoms with van der Waals surface area (Å²) in [5.41, 5.74) is 1.21. The number of thioether (sulfide) groups is 1. The molecule has 7 nitrogen and oxygen atoms in total. The SMILES string of the molecule is CC(=O)N1CCN(C(=O)CCCCSc2nc3ccccc3c(=O)n2-c2cccc(Cl)c2)CC1. The van der Waals surface area contributed by atoms with Gasteiger partial charge in [-0.1, -0.05) is 41.6 Å². The van der Waals surface area contributed by atoms with Gasteiger partial charge >= 0.3 is 0 Å². The first kappa shape index (κ1) is 24.3. The minimum Gasteiger partial charge on any atom is -0.339 e. The van der Waals surface area contributed by atoms with E-state index >= 15 is 0 Å². The molecule has 1 fully saturated rings. The molecule has 0 N–H and O–H groups in total. The molecule has 0 saturated carbocycles. The standard InChI is InChI=1S/C25H27ClN4O3S/c1-18(31)28-12-14-29(15-13-28)23(32)11-4-5-16-34-25-27-22-10-3-2-9-21(22)24(33)30(25)20-8-6-7-19(26)17-20/h2-3,6-10,17H,4-5,11-16H2,1H3. The van der Waals surface area contributed by atoms with Crippen LogP contribution in [0.1, 0.15) is 26.2 Å². The van der Waals surface area contributed by atoms with Crippen LogP contribution in [-0.2, 0) is 9.59 Å². The Kier molecular flexibility index (Phi) is 7.90. The van der Waals surface area contributed by atoms with E-state index in [1.165, 1.54) is 11.8 Å². The number of para-hydroxylation sites is 1. The van der Waals surface area contributed by atoms with E-state index in [9.17, 15) is 14.4 Å². The number of fused-ring (bicyclic) bond motifs is 1. The number of unbranched alkanes of at least 4 members (excludes halogenated alkanes) is 1. The third-order valence-corrected chi connectivity index (χ3v) is 7.17. The zero-order valence-electron chi connectivity index (χ0n) is 19.1. The van der Waals surface area contributed by atoms with Crippen LogP contribution < -0.4 is 5.56 Å². The van der Waals surface area contributed by atoms with E-state index in [2.05, 4.69) is 0 Å². The molecule has 9 heteroatoms. The second-order valence-corrected chi connectivity index (χ2v) is 9.72. The summed E-state index contributed by atoms with van der Waals surface area (Å²) < 4.78 is 1.61. The number of carbonyl (C=O) groups excluding carboxylic acids is 2. The van der Waals surface area contributed by atoms with Crippen molar-refractivity contribution >= 4 is 46.1 Å². The molecular formula is C25H27ClN4O3S. The molecule has 34 heavy (non-hydrogen) atoms. The van der Waals surface area contributed by atoms with Gasteiger partial charge in [-0.15, -0.1) is 0 Å². The molecule has 0 aliphatic carbocycles. The Morgan fingerprint density at radius 3 is 2.47 bits per heavy atom. The van der Waals surface area contributed by atoms with Crippen LogP contribution in [0.25, 0.3) is 16.6 Å². The number of nitrogens with zero attached hydrogens (tertiary/aromatic N) is 4. The van der Waals surface area contributed by atoms with Crippen LogP contribution in [0, 0.1) is 0 Å². The molecule has 3 aromatic rings. The van der Waals surface area contributed by atoms with Crippen LogP contribution in [0.4, 0.5) is 0 Å². The maximum atomic E-state index is 13.3. The zero-order valence-corrected chi connectivity index (χ0v) is 20.6. The first-order chi connectivity index (χ1) is 16.4. The number of halogens is 1. The van der Waals surface area contributed by atoms with Crippen LogP contribution in [-0.4, -0.2) is 63.1 Å². The van der Waals surface area contributed by atoms with Crippen molar-refractivity contribution in [2.24, 2.45) is 0 Å². The highest BCUT2D eigenvalue weighted by Crippen LogP contribution is 2.24. The van der Waals surface area contributed by atoms with Crippen LogP contribution in [0.2, 0.25) is 5.02 Å². The van der Waals surface area contributed by atoms with Crippen molar-refractivity contribution < 1.29 is 9.59 Å². The topological polar surface area (TPSA) is 75.5 Å². The number of hydrogen-bond donors (Lipinski definition) is 0. The fourth-order valence-corrected chi connectivity index (χ4v) is 5.22.